The van der Waals surface area contributed by atoms with Crippen LogP contribution in [-0.2, 0) is 12.0 Å². The number of nitrogens with one attached hydrogen (secondary N) is 2. The van der Waals surface area contributed by atoms with E-state index in [0.29, 0.717) is 12.1 Å². The van der Waals surface area contributed by atoms with Crippen LogP contribution in [0.5, 0.6) is 0 Å². The van der Waals surface area contributed by atoms with Crippen LogP contribution < -0.4 is 10.6 Å². The van der Waals surface area contributed by atoms with E-state index in [1.165, 1.54) is 11.1 Å². The average Bonchev–Trinajstić information content (AvgIpc) is 2.68. The summed E-state index contributed by atoms with van der Waals surface area (Å²) in [6.07, 6.45) is 0. The van der Waals surface area contributed by atoms with E-state index >= 15 is 0 Å². The van der Waals surface area contributed by atoms with Crippen LogP contribution in [0.2, 0.25) is 0 Å². The minimum atomic E-state index is -0.0167. The van der Waals surface area contributed by atoms with Crippen molar-refractivity contribution in [3.05, 3.63) is 70.8 Å². The van der Waals surface area contributed by atoms with Crippen molar-refractivity contribution in [2.75, 3.05) is 27.7 Å². The summed E-state index contributed by atoms with van der Waals surface area (Å²) in [5, 5.41) is 6.77. The lowest BCUT2D eigenvalue weighted by Crippen LogP contribution is -2.43. The van der Waals surface area contributed by atoms with Gasteiger partial charge in [-0.1, -0.05) is 50.2 Å². The van der Waals surface area contributed by atoms with Crippen molar-refractivity contribution in [2.45, 2.75) is 32.7 Å². The molecule has 6 heteroatoms. The predicted molar refractivity (Wildman–Crippen MR) is 132 cm³/mol. The molecule has 0 aromatic heterocycles. The number of benzene rings is 2. The molecule has 2 rings (SSSR count). The van der Waals surface area contributed by atoms with E-state index in [1.807, 2.05) is 24.3 Å². The first kappa shape index (κ1) is 24.9. The summed E-state index contributed by atoms with van der Waals surface area (Å²) in [6.45, 7) is 8.02. The van der Waals surface area contributed by atoms with Gasteiger partial charge in [0.2, 0.25) is 0 Å². The second kappa shape index (κ2) is 11.2. The number of carbonyl (C=O) groups is 1. The second-order valence-corrected chi connectivity index (χ2v) is 7.87. The van der Waals surface area contributed by atoms with Gasteiger partial charge in [0, 0.05) is 45.2 Å². The average molecular weight is 508 g/mol. The van der Waals surface area contributed by atoms with Crippen molar-refractivity contribution in [1.82, 2.24) is 15.5 Å². The number of amides is 1. The molecular formula is C23H33IN4O. The largest absolute Gasteiger partial charge is 0.356 e. The number of guanidine groups is 1. The fourth-order valence-electron chi connectivity index (χ4n) is 3.16. The predicted octanol–water partition coefficient (Wildman–Crippen LogP) is 3.96. The molecule has 0 bridgehead atoms. The Bertz CT molecular complexity index is 829. The van der Waals surface area contributed by atoms with E-state index in [4.69, 9.17) is 0 Å². The fourth-order valence-corrected chi connectivity index (χ4v) is 3.16. The second-order valence-electron chi connectivity index (χ2n) is 7.87. The SMILES string of the molecule is CN=C(NCc1ccc(C(=O)N(C)C)cc1)NCC(C)(C)c1ccccc1C.I. The Hall–Kier alpha value is -2.09. The normalized spacial score (nSPS) is 11.4. The Morgan fingerprint density at radius 3 is 2.21 bits per heavy atom. The number of aryl methyl sites for hydroxylation is 1. The van der Waals surface area contributed by atoms with Gasteiger partial charge in [0.25, 0.3) is 5.91 Å². The van der Waals surface area contributed by atoms with E-state index in [1.54, 1.807) is 26.0 Å². The van der Waals surface area contributed by atoms with Crippen LogP contribution in [0.15, 0.2) is 53.5 Å². The molecule has 0 heterocycles. The molecule has 0 aliphatic heterocycles. The first-order chi connectivity index (χ1) is 13.2. The quantitative estimate of drug-likeness (QED) is 0.353. The van der Waals surface area contributed by atoms with E-state index in [2.05, 4.69) is 60.7 Å². The molecule has 2 aromatic rings. The monoisotopic (exact) mass is 508 g/mol. The zero-order valence-corrected chi connectivity index (χ0v) is 20.6. The van der Waals surface area contributed by atoms with E-state index in [9.17, 15) is 4.79 Å². The van der Waals surface area contributed by atoms with Gasteiger partial charge < -0.3 is 15.5 Å². The summed E-state index contributed by atoms with van der Waals surface area (Å²) < 4.78 is 0. The van der Waals surface area contributed by atoms with E-state index < -0.39 is 0 Å². The summed E-state index contributed by atoms with van der Waals surface area (Å²) >= 11 is 0. The zero-order chi connectivity index (χ0) is 20.7. The summed E-state index contributed by atoms with van der Waals surface area (Å²) in [7, 11) is 5.28. The topological polar surface area (TPSA) is 56.7 Å². The lowest BCUT2D eigenvalue weighted by atomic mass is 9.82. The molecule has 0 saturated heterocycles. The number of nitrogens with zero attached hydrogens (tertiary/aromatic N) is 2. The van der Waals surface area contributed by atoms with Crippen LogP contribution in [0.3, 0.4) is 0 Å². The van der Waals surface area contributed by atoms with Gasteiger partial charge in [-0.25, -0.2) is 0 Å². The number of hydrogen-bond acceptors (Lipinski definition) is 2. The molecular weight excluding hydrogens is 475 g/mol. The molecule has 0 radical (unpaired) electrons. The number of rotatable bonds is 6. The summed E-state index contributed by atoms with van der Waals surface area (Å²) in [5.74, 6) is 0.769. The van der Waals surface area contributed by atoms with Gasteiger partial charge in [-0.15, -0.1) is 24.0 Å². The number of hydrogen-bond donors (Lipinski definition) is 2. The molecule has 2 aromatic carbocycles. The molecule has 0 aliphatic carbocycles. The van der Waals surface area contributed by atoms with Crippen LogP contribution in [0.4, 0.5) is 0 Å². The smallest absolute Gasteiger partial charge is 0.253 e. The molecule has 0 aliphatic rings. The molecule has 158 valence electrons. The van der Waals surface area contributed by atoms with Gasteiger partial charge in [0.05, 0.1) is 0 Å². The third kappa shape index (κ3) is 7.03. The third-order valence-electron chi connectivity index (χ3n) is 4.86. The van der Waals surface area contributed by atoms with Crippen molar-refractivity contribution in [1.29, 1.82) is 0 Å². The molecule has 29 heavy (non-hydrogen) atoms. The molecule has 0 atom stereocenters. The van der Waals surface area contributed by atoms with Crippen LogP contribution in [0, 0.1) is 6.92 Å². The van der Waals surface area contributed by atoms with Crippen molar-refractivity contribution in [3.8, 4) is 0 Å². The molecule has 5 nitrogen and oxygen atoms in total. The van der Waals surface area contributed by atoms with Gasteiger partial charge in [0.1, 0.15) is 0 Å². The molecule has 0 unspecified atom stereocenters. The van der Waals surface area contributed by atoms with Crippen LogP contribution >= 0.6 is 24.0 Å². The maximum absolute atomic E-state index is 12.0. The number of carbonyl (C=O) groups excluding carboxylic acids is 1. The highest BCUT2D eigenvalue weighted by Crippen LogP contribution is 2.25. The van der Waals surface area contributed by atoms with Crippen molar-refractivity contribution in [3.63, 3.8) is 0 Å². The summed E-state index contributed by atoms with van der Waals surface area (Å²) in [5.41, 5.74) is 4.40. The lowest BCUT2D eigenvalue weighted by Gasteiger charge is -2.28. The number of halogens is 1. The highest BCUT2D eigenvalue weighted by atomic mass is 127. The molecule has 2 N–H and O–H groups in total. The Labute approximate surface area is 192 Å². The summed E-state index contributed by atoms with van der Waals surface area (Å²) in [4.78, 5) is 17.9. The first-order valence-corrected chi connectivity index (χ1v) is 9.56. The highest BCUT2D eigenvalue weighted by molar-refractivity contribution is 14.0. The summed E-state index contributed by atoms with van der Waals surface area (Å²) in [6, 6.07) is 16.1. The van der Waals surface area contributed by atoms with E-state index in [0.717, 1.165) is 18.1 Å². The lowest BCUT2D eigenvalue weighted by molar-refractivity contribution is 0.0827. The van der Waals surface area contributed by atoms with Crippen LogP contribution in [0.1, 0.15) is 40.9 Å². The van der Waals surface area contributed by atoms with Crippen molar-refractivity contribution >= 4 is 35.8 Å². The maximum Gasteiger partial charge on any atom is 0.253 e. The van der Waals surface area contributed by atoms with Gasteiger partial charge in [0.15, 0.2) is 5.96 Å². The highest BCUT2D eigenvalue weighted by Gasteiger charge is 2.22. The molecule has 0 spiro atoms. The van der Waals surface area contributed by atoms with Gasteiger partial charge in [-0.3, -0.25) is 9.79 Å². The Balaban J connectivity index is 0.00000420. The Morgan fingerprint density at radius 2 is 1.66 bits per heavy atom. The van der Waals surface area contributed by atoms with Crippen molar-refractivity contribution < 1.29 is 4.79 Å². The molecule has 0 saturated carbocycles. The zero-order valence-electron chi connectivity index (χ0n) is 18.2. The third-order valence-corrected chi connectivity index (χ3v) is 4.86. The molecule has 1 amide bonds. The fraction of sp³-hybridized carbons (Fsp3) is 0.391. The van der Waals surface area contributed by atoms with Crippen LogP contribution in [-0.4, -0.2) is 44.5 Å². The Morgan fingerprint density at radius 1 is 1.03 bits per heavy atom. The minimum Gasteiger partial charge on any atom is -0.356 e. The maximum atomic E-state index is 12.0. The van der Waals surface area contributed by atoms with Gasteiger partial charge in [-0.05, 0) is 35.7 Å². The Kier molecular flexibility index (Phi) is 9.62. The molecule has 0 fully saturated rings. The van der Waals surface area contributed by atoms with Gasteiger partial charge in [-0.2, -0.15) is 0 Å². The minimum absolute atomic E-state index is 0. The number of aliphatic imine (C=N–C) groups is 1. The van der Waals surface area contributed by atoms with Crippen molar-refractivity contribution in [2.24, 2.45) is 4.99 Å². The standard InChI is InChI=1S/C23H32N4O.HI/c1-17-9-7-8-10-20(17)23(2,3)16-26-22(24-4)25-15-18-11-13-19(14-12-18)21(28)27(5)6;/h7-14H,15-16H2,1-6H3,(H2,24,25,26);1H. The first-order valence-electron chi connectivity index (χ1n) is 9.56. The van der Waals surface area contributed by atoms with Crippen LogP contribution in [0.25, 0.3) is 0 Å². The van der Waals surface area contributed by atoms with Gasteiger partial charge >= 0.3 is 0 Å². The van der Waals surface area contributed by atoms with E-state index in [-0.39, 0.29) is 35.3 Å².